The average molecular weight is 379 g/mol. The summed E-state index contributed by atoms with van der Waals surface area (Å²) in [5, 5.41) is 0. The van der Waals surface area contributed by atoms with E-state index in [1.54, 1.807) is 20.1 Å². The molecule has 0 unspecified atom stereocenters. The van der Waals surface area contributed by atoms with Crippen LogP contribution < -0.4 is 10.5 Å². The number of halogens is 1. The highest BCUT2D eigenvalue weighted by Crippen LogP contribution is 2.25. The number of nitrogens with one attached hydrogen (secondary N) is 1. The number of rotatable bonds is 9. The van der Waals surface area contributed by atoms with Gasteiger partial charge in [0.1, 0.15) is 0 Å². The van der Waals surface area contributed by atoms with Gasteiger partial charge >= 0.3 is 0 Å². The lowest BCUT2D eigenvalue weighted by molar-refractivity contribution is 0.192. The van der Waals surface area contributed by atoms with Gasteiger partial charge in [-0.25, -0.2) is 13.1 Å². The van der Waals surface area contributed by atoms with Crippen molar-refractivity contribution in [2.45, 2.75) is 37.6 Å². The lowest BCUT2D eigenvalue weighted by atomic mass is 10.1. The molecule has 0 aliphatic rings. The zero-order chi connectivity index (χ0) is 15.9. The van der Waals surface area contributed by atoms with Crippen LogP contribution in [0.1, 0.15) is 30.4 Å². The fourth-order valence-corrected chi connectivity index (χ4v) is 3.96. The quantitative estimate of drug-likeness (QED) is 0.646. The number of nitrogens with two attached hydrogens (primary N) is 1. The van der Waals surface area contributed by atoms with Gasteiger partial charge in [-0.2, -0.15) is 0 Å². The highest BCUT2D eigenvalue weighted by atomic mass is 79.9. The van der Waals surface area contributed by atoms with Gasteiger partial charge in [-0.3, -0.25) is 0 Å². The second-order valence-electron chi connectivity index (χ2n) is 4.86. The molecule has 1 rings (SSSR count). The molecule has 21 heavy (non-hydrogen) atoms. The van der Waals surface area contributed by atoms with Gasteiger partial charge in [0.25, 0.3) is 0 Å². The summed E-state index contributed by atoms with van der Waals surface area (Å²) in [6, 6.07) is 3.48. The molecule has 0 heterocycles. The lowest BCUT2D eigenvalue weighted by Crippen LogP contribution is -2.26. The first kappa shape index (κ1) is 18.6. The maximum Gasteiger partial charge on any atom is 0.240 e. The van der Waals surface area contributed by atoms with Crippen LogP contribution in [0.5, 0.6) is 0 Å². The minimum absolute atomic E-state index is 0.286. The molecular weight excluding hydrogens is 356 g/mol. The van der Waals surface area contributed by atoms with Crippen LogP contribution in [0.15, 0.2) is 21.5 Å². The molecule has 0 saturated heterocycles. The van der Waals surface area contributed by atoms with E-state index in [4.69, 9.17) is 10.5 Å². The van der Waals surface area contributed by atoms with Crippen LogP contribution in [0.3, 0.4) is 0 Å². The van der Waals surface area contributed by atoms with Crippen molar-refractivity contribution in [3.05, 3.63) is 27.7 Å². The number of hydrogen-bond acceptors (Lipinski definition) is 4. The zero-order valence-corrected chi connectivity index (χ0v) is 14.9. The molecule has 0 amide bonds. The van der Waals surface area contributed by atoms with Gasteiger partial charge in [0, 0.05) is 31.3 Å². The minimum atomic E-state index is -3.51. The second-order valence-corrected chi connectivity index (χ2v) is 7.45. The van der Waals surface area contributed by atoms with Crippen LogP contribution in [-0.2, 0) is 21.3 Å². The fourth-order valence-electron chi connectivity index (χ4n) is 1.94. The van der Waals surface area contributed by atoms with E-state index in [1.165, 1.54) is 0 Å². The van der Waals surface area contributed by atoms with E-state index in [0.717, 1.165) is 29.3 Å². The number of hydrogen-bond donors (Lipinski definition) is 2. The molecule has 1 aromatic carbocycles. The summed E-state index contributed by atoms with van der Waals surface area (Å²) in [7, 11) is -1.85. The van der Waals surface area contributed by atoms with Crippen LogP contribution in [0.25, 0.3) is 0 Å². The summed E-state index contributed by atoms with van der Waals surface area (Å²) in [5.74, 6) is 0. The predicted molar refractivity (Wildman–Crippen MR) is 87.7 cm³/mol. The fraction of sp³-hybridized carbons (Fsp3) is 0.571. The van der Waals surface area contributed by atoms with Crippen molar-refractivity contribution in [1.29, 1.82) is 0 Å². The first-order chi connectivity index (χ1) is 9.92. The Labute approximate surface area is 135 Å². The van der Waals surface area contributed by atoms with Crippen molar-refractivity contribution >= 4 is 26.0 Å². The number of ether oxygens (including phenoxy) is 1. The summed E-state index contributed by atoms with van der Waals surface area (Å²) in [4.78, 5) is 0.286. The molecule has 0 aliphatic carbocycles. The highest BCUT2D eigenvalue weighted by Gasteiger charge is 2.18. The summed E-state index contributed by atoms with van der Waals surface area (Å²) in [5.41, 5.74) is 7.08. The maximum absolute atomic E-state index is 12.4. The Hall–Kier alpha value is -0.470. The second kappa shape index (κ2) is 8.85. The molecule has 0 bridgehead atoms. The van der Waals surface area contributed by atoms with Crippen LogP contribution in [0.4, 0.5) is 0 Å². The Balaban J connectivity index is 2.72. The molecule has 0 spiro atoms. The maximum atomic E-state index is 12.4. The van der Waals surface area contributed by atoms with Crippen LogP contribution >= 0.6 is 15.9 Å². The standard InChI is InChI=1S/C14H23BrN2O3S/c1-11-13(15)8-12(10-16)9-14(11)21(18,19)17-6-4-3-5-7-20-2/h8-9,17H,3-7,10,16H2,1-2H3. The molecule has 7 heteroatoms. The summed E-state index contributed by atoms with van der Waals surface area (Å²) < 4.78 is 33.1. The molecule has 0 fully saturated rings. The zero-order valence-electron chi connectivity index (χ0n) is 12.5. The number of sulfonamides is 1. The molecule has 0 atom stereocenters. The number of benzene rings is 1. The molecule has 1 aromatic rings. The van der Waals surface area contributed by atoms with E-state index in [2.05, 4.69) is 20.7 Å². The van der Waals surface area contributed by atoms with Crippen molar-refractivity contribution < 1.29 is 13.2 Å². The molecule has 0 radical (unpaired) electrons. The monoisotopic (exact) mass is 378 g/mol. The highest BCUT2D eigenvalue weighted by molar-refractivity contribution is 9.10. The summed E-state index contributed by atoms with van der Waals surface area (Å²) in [6.45, 7) is 3.21. The third-order valence-corrected chi connectivity index (χ3v) is 5.61. The van der Waals surface area contributed by atoms with Crippen molar-refractivity contribution in [2.24, 2.45) is 5.73 Å². The van der Waals surface area contributed by atoms with E-state index in [0.29, 0.717) is 25.3 Å². The smallest absolute Gasteiger partial charge is 0.240 e. The predicted octanol–water partition coefficient (Wildman–Crippen LogP) is 2.31. The third kappa shape index (κ3) is 5.67. The number of unbranched alkanes of at least 4 members (excludes halogenated alkanes) is 2. The lowest BCUT2D eigenvalue weighted by Gasteiger charge is -2.12. The van der Waals surface area contributed by atoms with E-state index < -0.39 is 10.0 Å². The normalized spacial score (nSPS) is 11.8. The summed E-state index contributed by atoms with van der Waals surface area (Å²) in [6.07, 6.45) is 2.66. The van der Waals surface area contributed by atoms with E-state index in [1.807, 2.05) is 6.07 Å². The molecule has 5 nitrogen and oxygen atoms in total. The van der Waals surface area contributed by atoms with Crippen LogP contribution in [0, 0.1) is 6.92 Å². The van der Waals surface area contributed by atoms with Gasteiger partial charge in [-0.15, -0.1) is 0 Å². The Bertz CT molecular complexity index is 562. The molecule has 0 aromatic heterocycles. The van der Waals surface area contributed by atoms with Gasteiger partial charge in [0.2, 0.25) is 10.0 Å². The van der Waals surface area contributed by atoms with Gasteiger partial charge in [-0.05, 0) is 49.4 Å². The molecule has 0 saturated carbocycles. The van der Waals surface area contributed by atoms with E-state index in [9.17, 15) is 8.42 Å². The summed E-state index contributed by atoms with van der Waals surface area (Å²) >= 11 is 3.38. The molecule has 3 N–H and O–H groups in total. The molecule has 0 aliphatic heterocycles. The Morgan fingerprint density at radius 3 is 2.62 bits per heavy atom. The van der Waals surface area contributed by atoms with Gasteiger partial charge < -0.3 is 10.5 Å². The van der Waals surface area contributed by atoms with E-state index in [-0.39, 0.29) is 4.90 Å². The van der Waals surface area contributed by atoms with Crippen LogP contribution in [-0.4, -0.2) is 28.7 Å². The largest absolute Gasteiger partial charge is 0.385 e. The van der Waals surface area contributed by atoms with Crippen molar-refractivity contribution in [3.63, 3.8) is 0 Å². The Morgan fingerprint density at radius 1 is 1.29 bits per heavy atom. The van der Waals surface area contributed by atoms with E-state index >= 15 is 0 Å². The third-order valence-electron chi connectivity index (χ3n) is 3.20. The molecule has 120 valence electrons. The Kier molecular flexibility index (Phi) is 7.83. The van der Waals surface area contributed by atoms with Crippen molar-refractivity contribution in [1.82, 2.24) is 4.72 Å². The Morgan fingerprint density at radius 2 is 2.00 bits per heavy atom. The topological polar surface area (TPSA) is 81.4 Å². The average Bonchev–Trinajstić information content (AvgIpc) is 2.45. The van der Waals surface area contributed by atoms with Crippen LogP contribution in [0.2, 0.25) is 0 Å². The first-order valence-corrected chi connectivity index (χ1v) is 9.17. The van der Waals surface area contributed by atoms with Gasteiger partial charge in [-0.1, -0.05) is 15.9 Å². The van der Waals surface area contributed by atoms with Gasteiger partial charge in [0.15, 0.2) is 0 Å². The van der Waals surface area contributed by atoms with Crippen molar-refractivity contribution in [2.75, 3.05) is 20.3 Å². The van der Waals surface area contributed by atoms with Crippen molar-refractivity contribution in [3.8, 4) is 0 Å². The van der Waals surface area contributed by atoms with Gasteiger partial charge in [0.05, 0.1) is 4.90 Å². The molecular formula is C14H23BrN2O3S. The number of methoxy groups -OCH3 is 1. The first-order valence-electron chi connectivity index (χ1n) is 6.90. The SMILES string of the molecule is COCCCCCNS(=O)(=O)c1cc(CN)cc(Br)c1C. The minimum Gasteiger partial charge on any atom is -0.385 e.